The maximum Gasteiger partial charge on any atom is 0.239 e. The molecule has 152 valence electrons. The van der Waals surface area contributed by atoms with Crippen LogP contribution < -0.4 is 15.4 Å². The number of benzene rings is 2. The fourth-order valence-corrected chi connectivity index (χ4v) is 3.27. The zero-order valence-corrected chi connectivity index (χ0v) is 17.0. The highest BCUT2D eigenvalue weighted by atomic mass is 16.5. The lowest BCUT2D eigenvalue weighted by Crippen LogP contribution is -2.46. The van der Waals surface area contributed by atoms with Crippen molar-refractivity contribution in [2.75, 3.05) is 33.8 Å². The summed E-state index contributed by atoms with van der Waals surface area (Å²) in [4.78, 5) is 18.7. The fraction of sp³-hybridized carbons (Fsp3) is 0.304. The van der Waals surface area contributed by atoms with Gasteiger partial charge in [0.25, 0.3) is 0 Å². The predicted octanol–water partition coefficient (Wildman–Crippen LogP) is 2.68. The minimum absolute atomic E-state index is 0.0699. The number of amides is 1. The van der Waals surface area contributed by atoms with Crippen LogP contribution in [0.5, 0.6) is 5.75 Å². The minimum Gasteiger partial charge on any atom is -0.497 e. The third-order valence-corrected chi connectivity index (χ3v) is 4.92. The van der Waals surface area contributed by atoms with Gasteiger partial charge >= 0.3 is 0 Å². The minimum atomic E-state index is -0.0699. The van der Waals surface area contributed by atoms with E-state index >= 15 is 0 Å². The number of rotatable bonds is 6. The number of carbonyl (C=O) groups excluding carboxylic acids is 1. The van der Waals surface area contributed by atoms with Crippen LogP contribution >= 0.6 is 0 Å². The van der Waals surface area contributed by atoms with E-state index in [0.29, 0.717) is 6.54 Å². The Kier molecular flexibility index (Phi) is 7.28. The summed E-state index contributed by atoms with van der Waals surface area (Å²) < 4.78 is 5.14. The van der Waals surface area contributed by atoms with Crippen molar-refractivity contribution in [1.82, 2.24) is 15.5 Å². The van der Waals surface area contributed by atoms with Crippen molar-refractivity contribution in [2.45, 2.75) is 13.0 Å². The van der Waals surface area contributed by atoms with Crippen molar-refractivity contribution >= 4 is 17.4 Å². The van der Waals surface area contributed by atoms with Gasteiger partial charge in [-0.05, 0) is 35.3 Å². The highest BCUT2D eigenvalue weighted by Gasteiger charge is 2.16. The van der Waals surface area contributed by atoms with Gasteiger partial charge in [0.2, 0.25) is 5.91 Å². The maximum absolute atomic E-state index is 12.2. The van der Waals surface area contributed by atoms with E-state index in [1.165, 1.54) is 11.1 Å². The Labute approximate surface area is 172 Å². The normalized spacial score (nSPS) is 14.2. The molecule has 0 aliphatic carbocycles. The maximum atomic E-state index is 12.2. The molecule has 2 N–H and O–H groups in total. The molecule has 1 aliphatic rings. The van der Waals surface area contributed by atoms with Gasteiger partial charge in [0.15, 0.2) is 5.96 Å². The first-order chi connectivity index (χ1) is 14.2. The third kappa shape index (κ3) is 5.85. The molecule has 1 aliphatic heterocycles. The van der Waals surface area contributed by atoms with E-state index in [1.54, 1.807) is 14.2 Å². The van der Waals surface area contributed by atoms with Crippen molar-refractivity contribution in [3.05, 3.63) is 71.8 Å². The van der Waals surface area contributed by atoms with Crippen LogP contribution in [-0.4, -0.2) is 50.6 Å². The van der Waals surface area contributed by atoms with Gasteiger partial charge in [0.1, 0.15) is 5.75 Å². The number of carbonyl (C=O) groups is 1. The number of nitrogens with one attached hydrogen (secondary N) is 2. The number of guanidine groups is 1. The van der Waals surface area contributed by atoms with Gasteiger partial charge in [-0.1, -0.05) is 48.5 Å². The molecule has 29 heavy (non-hydrogen) atoms. The van der Waals surface area contributed by atoms with E-state index in [9.17, 15) is 4.79 Å². The second-order valence-electron chi connectivity index (χ2n) is 6.82. The molecule has 6 nitrogen and oxygen atoms in total. The van der Waals surface area contributed by atoms with Gasteiger partial charge in [0.05, 0.1) is 13.7 Å². The monoisotopic (exact) mass is 392 g/mol. The van der Waals surface area contributed by atoms with E-state index in [0.717, 1.165) is 36.8 Å². The summed E-state index contributed by atoms with van der Waals surface area (Å²) in [7, 11) is 3.38. The fourth-order valence-electron chi connectivity index (χ4n) is 3.27. The molecule has 0 unspecified atom stereocenters. The van der Waals surface area contributed by atoms with E-state index < -0.39 is 0 Å². The second-order valence-corrected chi connectivity index (χ2v) is 6.82. The molecule has 0 spiro atoms. The van der Waals surface area contributed by atoms with Crippen LogP contribution in [0.15, 0.2) is 65.7 Å². The lowest BCUT2D eigenvalue weighted by Gasteiger charge is -2.29. The molecule has 0 saturated heterocycles. The topological polar surface area (TPSA) is 66.0 Å². The van der Waals surface area contributed by atoms with E-state index in [-0.39, 0.29) is 12.5 Å². The summed E-state index contributed by atoms with van der Waals surface area (Å²) >= 11 is 0. The number of aliphatic imine (C=N–C) groups is 1. The van der Waals surface area contributed by atoms with Crippen molar-refractivity contribution in [3.63, 3.8) is 0 Å². The quantitative estimate of drug-likeness (QED) is 0.586. The molecule has 1 amide bonds. The van der Waals surface area contributed by atoms with Crippen LogP contribution in [0.2, 0.25) is 0 Å². The molecular weight excluding hydrogens is 364 g/mol. The lowest BCUT2D eigenvalue weighted by molar-refractivity contribution is -0.120. The molecule has 0 atom stereocenters. The van der Waals surface area contributed by atoms with E-state index in [4.69, 9.17) is 4.74 Å². The van der Waals surface area contributed by atoms with Gasteiger partial charge in [0, 0.05) is 26.7 Å². The Morgan fingerprint density at radius 3 is 2.48 bits per heavy atom. The Morgan fingerprint density at radius 2 is 1.86 bits per heavy atom. The number of methoxy groups -OCH3 is 1. The van der Waals surface area contributed by atoms with E-state index in [1.807, 2.05) is 30.3 Å². The largest absolute Gasteiger partial charge is 0.497 e. The van der Waals surface area contributed by atoms with Crippen molar-refractivity contribution < 1.29 is 9.53 Å². The van der Waals surface area contributed by atoms with Crippen LogP contribution in [0.3, 0.4) is 0 Å². The van der Waals surface area contributed by atoms with Crippen LogP contribution in [0, 0.1) is 0 Å². The number of nitrogens with zero attached hydrogens (tertiary/aromatic N) is 2. The zero-order chi connectivity index (χ0) is 20.5. The Morgan fingerprint density at radius 1 is 1.10 bits per heavy atom. The predicted molar refractivity (Wildman–Crippen MR) is 117 cm³/mol. The average molecular weight is 393 g/mol. The summed E-state index contributed by atoms with van der Waals surface area (Å²) in [6.07, 6.45) is 3.18. The first-order valence-electron chi connectivity index (χ1n) is 9.79. The molecule has 1 heterocycles. The number of ether oxygens (including phenoxy) is 1. The molecule has 0 radical (unpaired) electrons. The molecule has 6 heteroatoms. The SMILES string of the molecule is CN=C(NCC(=O)NCc1ccc(OC)cc1)N1CC=C(c2ccccc2)CC1. The van der Waals surface area contributed by atoms with Gasteiger partial charge < -0.3 is 20.3 Å². The van der Waals surface area contributed by atoms with Gasteiger partial charge in [-0.3, -0.25) is 9.79 Å². The smallest absolute Gasteiger partial charge is 0.239 e. The highest BCUT2D eigenvalue weighted by molar-refractivity contribution is 5.87. The second kappa shape index (κ2) is 10.3. The van der Waals surface area contributed by atoms with Gasteiger partial charge in [-0.15, -0.1) is 0 Å². The van der Waals surface area contributed by atoms with Crippen LogP contribution in [-0.2, 0) is 11.3 Å². The van der Waals surface area contributed by atoms with Crippen LogP contribution in [0.1, 0.15) is 17.5 Å². The van der Waals surface area contributed by atoms with Gasteiger partial charge in [-0.2, -0.15) is 0 Å². The Bertz CT molecular complexity index is 860. The average Bonchev–Trinajstić information content (AvgIpc) is 2.79. The molecular formula is C23H28N4O2. The summed E-state index contributed by atoms with van der Waals surface area (Å²) in [5.74, 6) is 1.48. The molecule has 0 aromatic heterocycles. The number of hydrogen-bond acceptors (Lipinski definition) is 3. The lowest BCUT2D eigenvalue weighted by atomic mass is 10.00. The summed E-state index contributed by atoms with van der Waals surface area (Å²) in [6, 6.07) is 18.1. The van der Waals surface area contributed by atoms with Crippen molar-refractivity contribution in [3.8, 4) is 5.75 Å². The first kappa shape index (κ1) is 20.5. The third-order valence-electron chi connectivity index (χ3n) is 4.92. The van der Waals surface area contributed by atoms with E-state index in [2.05, 4.69) is 50.9 Å². The summed E-state index contributed by atoms with van der Waals surface area (Å²) in [6.45, 7) is 2.32. The summed E-state index contributed by atoms with van der Waals surface area (Å²) in [5, 5.41) is 6.08. The Hall–Kier alpha value is -3.28. The van der Waals surface area contributed by atoms with Gasteiger partial charge in [-0.25, -0.2) is 0 Å². The molecule has 2 aromatic rings. The van der Waals surface area contributed by atoms with Crippen molar-refractivity contribution in [1.29, 1.82) is 0 Å². The summed E-state index contributed by atoms with van der Waals surface area (Å²) in [5.41, 5.74) is 3.65. The molecule has 2 aromatic carbocycles. The highest BCUT2D eigenvalue weighted by Crippen LogP contribution is 2.21. The first-order valence-corrected chi connectivity index (χ1v) is 9.79. The van der Waals surface area contributed by atoms with Crippen molar-refractivity contribution in [2.24, 2.45) is 4.99 Å². The standard InChI is InChI=1S/C23H28N4O2/c1-24-23(27-14-12-20(13-15-27)19-6-4-3-5-7-19)26-17-22(28)25-16-18-8-10-21(29-2)11-9-18/h3-12H,13-17H2,1-2H3,(H,24,26)(H,25,28). The Balaban J connectivity index is 1.45. The molecule has 0 bridgehead atoms. The molecule has 0 saturated carbocycles. The van der Waals surface area contributed by atoms with Crippen LogP contribution in [0.4, 0.5) is 0 Å². The molecule has 3 rings (SSSR count). The molecule has 0 fully saturated rings. The van der Waals surface area contributed by atoms with Crippen LogP contribution in [0.25, 0.3) is 5.57 Å². The zero-order valence-electron chi connectivity index (χ0n) is 17.0. The number of hydrogen-bond donors (Lipinski definition) is 2.